The minimum atomic E-state index is -0.0158. The van der Waals surface area contributed by atoms with Gasteiger partial charge in [0, 0.05) is 38.2 Å². The maximum absolute atomic E-state index is 12.8. The molecular weight excluding hydrogens is 363 g/mol. The summed E-state index contributed by atoms with van der Waals surface area (Å²) in [4.78, 5) is 28.6. The average molecular weight is 389 g/mol. The summed E-state index contributed by atoms with van der Waals surface area (Å²) in [6, 6.07) is 5.75. The highest BCUT2D eigenvalue weighted by molar-refractivity contribution is 6.01. The maximum Gasteiger partial charge on any atom is 0.254 e. The molecule has 2 unspecified atom stereocenters. The zero-order valence-corrected chi connectivity index (χ0v) is 16.2. The molecule has 2 amide bonds. The van der Waals surface area contributed by atoms with Gasteiger partial charge in [0.05, 0.1) is 11.4 Å². The Labute approximate surface area is 160 Å². The van der Waals surface area contributed by atoms with Gasteiger partial charge >= 0.3 is 0 Å². The molecule has 8 heteroatoms. The number of likely N-dealkylation sites (tertiary alicyclic amines) is 1. The van der Waals surface area contributed by atoms with E-state index in [0.29, 0.717) is 43.2 Å². The minimum Gasteiger partial charge on any atom is -0.372 e. The van der Waals surface area contributed by atoms with Crippen LogP contribution < -0.4 is 16.0 Å². The van der Waals surface area contributed by atoms with Crippen LogP contribution >= 0.6 is 24.8 Å². The van der Waals surface area contributed by atoms with Gasteiger partial charge in [-0.15, -0.1) is 24.8 Å². The van der Waals surface area contributed by atoms with Crippen LogP contribution in [0.4, 0.5) is 11.4 Å². The zero-order chi connectivity index (χ0) is 16.6. The molecule has 0 radical (unpaired) electrons. The van der Waals surface area contributed by atoms with Crippen molar-refractivity contribution in [1.29, 1.82) is 0 Å². The predicted molar refractivity (Wildman–Crippen MR) is 105 cm³/mol. The molecular formula is C17H26Cl2N4O2. The van der Waals surface area contributed by atoms with Crippen LogP contribution in [0.1, 0.15) is 30.1 Å². The molecule has 0 bridgehead atoms. The van der Waals surface area contributed by atoms with E-state index in [1.807, 2.05) is 29.0 Å². The highest BCUT2D eigenvalue weighted by Crippen LogP contribution is 2.31. The molecule has 6 nitrogen and oxygen atoms in total. The Bertz CT molecular complexity index is 641. The first-order valence-electron chi connectivity index (χ1n) is 8.15. The van der Waals surface area contributed by atoms with E-state index in [1.54, 1.807) is 6.07 Å². The molecule has 2 aliphatic rings. The molecule has 2 aliphatic heterocycles. The van der Waals surface area contributed by atoms with Crippen LogP contribution in [0.2, 0.25) is 0 Å². The summed E-state index contributed by atoms with van der Waals surface area (Å²) in [5, 5.41) is 2.90. The summed E-state index contributed by atoms with van der Waals surface area (Å²) in [5.74, 6) is 0.371. The largest absolute Gasteiger partial charge is 0.372 e. The van der Waals surface area contributed by atoms with Crippen LogP contribution in [-0.2, 0) is 4.79 Å². The first kappa shape index (κ1) is 21.5. The van der Waals surface area contributed by atoms with Crippen LogP contribution in [0, 0.1) is 5.92 Å². The van der Waals surface area contributed by atoms with E-state index >= 15 is 0 Å². The highest BCUT2D eigenvalue weighted by atomic mass is 35.5. The fourth-order valence-corrected chi connectivity index (χ4v) is 3.47. The molecule has 2 heterocycles. The van der Waals surface area contributed by atoms with E-state index in [1.165, 1.54) is 0 Å². The SMILES string of the molecule is CC1CC(CN)CN1C(=O)c1ccc2c(c1)NC(=O)CCN2C.Cl.Cl. The van der Waals surface area contributed by atoms with Gasteiger partial charge in [0.15, 0.2) is 0 Å². The van der Waals surface area contributed by atoms with Crippen LogP contribution in [0.3, 0.4) is 0 Å². The Morgan fingerprint density at radius 3 is 2.72 bits per heavy atom. The summed E-state index contributed by atoms with van der Waals surface area (Å²) in [6.07, 6.45) is 1.41. The van der Waals surface area contributed by atoms with E-state index in [2.05, 4.69) is 12.2 Å². The van der Waals surface area contributed by atoms with Gasteiger partial charge < -0.3 is 20.9 Å². The van der Waals surface area contributed by atoms with Gasteiger partial charge in [-0.1, -0.05) is 0 Å². The van der Waals surface area contributed by atoms with E-state index in [0.717, 1.165) is 12.1 Å². The normalized spacial score (nSPS) is 22.3. The van der Waals surface area contributed by atoms with Gasteiger partial charge in [-0.25, -0.2) is 0 Å². The molecule has 0 aromatic heterocycles. The number of halogens is 2. The molecule has 1 fully saturated rings. The standard InChI is InChI=1S/C17H24N4O2.2ClH/c1-11-7-12(9-18)10-21(11)17(23)13-3-4-15-14(8-13)19-16(22)5-6-20(15)2;;/h3-4,8,11-12H,5-7,9-10,18H2,1-2H3,(H,19,22);2*1H. The number of amides is 2. The van der Waals surface area contributed by atoms with Crippen LogP contribution in [0.5, 0.6) is 0 Å². The van der Waals surface area contributed by atoms with Crippen molar-refractivity contribution < 1.29 is 9.59 Å². The van der Waals surface area contributed by atoms with Gasteiger partial charge in [-0.2, -0.15) is 0 Å². The number of carbonyl (C=O) groups is 2. The maximum atomic E-state index is 12.8. The summed E-state index contributed by atoms with van der Waals surface area (Å²) < 4.78 is 0. The summed E-state index contributed by atoms with van der Waals surface area (Å²) in [6.45, 7) is 4.05. The lowest BCUT2D eigenvalue weighted by Gasteiger charge is -2.23. The minimum absolute atomic E-state index is 0. The van der Waals surface area contributed by atoms with Crippen molar-refractivity contribution in [2.24, 2.45) is 11.7 Å². The van der Waals surface area contributed by atoms with Crippen LogP contribution in [-0.4, -0.2) is 49.4 Å². The first-order valence-corrected chi connectivity index (χ1v) is 8.15. The lowest BCUT2D eigenvalue weighted by molar-refractivity contribution is -0.115. The second-order valence-electron chi connectivity index (χ2n) is 6.60. The molecule has 3 N–H and O–H groups in total. The van der Waals surface area contributed by atoms with E-state index < -0.39 is 0 Å². The van der Waals surface area contributed by atoms with Crippen molar-refractivity contribution in [2.75, 3.05) is 36.9 Å². The van der Waals surface area contributed by atoms with Gasteiger partial charge in [-0.05, 0) is 44.0 Å². The van der Waals surface area contributed by atoms with Crippen molar-refractivity contribution in [3.05, 3.63) is 23.8 Å². The number of nitrogens with zero attached hydrogens (tertiary/aromatic N) is 2. The number of anilines is 2. The third-order valence-corrected chi connectivity index (χ3v) is 4.86. The first-order chi connectivity index (χ1) is 11.0. The van der Waals surface area contributed by atoms with Crippen molar-refractivity contribution in [3.63, 3.8) is 0 Å². The fourth-order valence-electron chi connectivity index (χ4n) is 3.47. The third kappa shape index (κ3) is 4.37. The van der Waals surface area contributed by atoms with E-state index in [9.17, 15) is 9.59 Å². The number of carbonyl (C=O) groups excluding carboxylic acids is 2. The molecule has 140 valence electrons. The zero-order valence-electron chi connectivity index (χ0n) is 14.5. The Balaban J connectivity index is 0.00000156. The topological polar surface area (TPSA) is 78.7 Å². The Morgan fingerprint density at radius 1 is 1.36 bits per heavy atom. The van der Waals surface area contributed by atoms with E-state index in [4.69, 9.17) is 5.73 Å². The molecule has 0 saturated carbocycles. The number of hydrogen-bond donors (Lipinski definition) is 2. The fraction of sp³-hybridized carbons (Fsp3) is 0.529. The van der Waals surface area contributed by atoms with Gasteiger partial charge in [-0.3, -0.25) is 9.59 Å². The number of benzene rings is 1. The van der Waals surface area contributed by atoms with Crippen molar-refractivity contribution >= 4 is 48.0 Å². The lowest BCUT2D eigenvalue weighted by Crippen LogP contribution is -2.34. The number of rotatable bonds is 2. The molecule has 0 aliphatic carbocycles. The van der Waals surface area contributed by atoms with Gasteiger partial charge in [0.25, 0.3) is 5.91 Å². The van der Waals surface area contributed by atoms with Gasteiger partial charge in [0.1, 0.15) is 0 Å². The highest BCUT2D eigenvalue weighted by Gasteiger charge is 2.32. The number of nitrogens with one attached hydrogen (secondary N) is 1. The third-order valence-electron chi connectivity index (χ3n) is 4.86. The number of fused-ring (bicyclic) bond motifs is 1. The second-order valence-corrected chi connectivity index (χ2v) is 6.60. The molecule has 1 aromatic carbocycles. The van der Waals surface area contributed by atoms with Crippen molar-refractivity contribution in [1.82, 2.24) is 4.90 Å². The molecule has 1 saturated heterocycles. The molecule has 3 rings (SSSR count). The van der Waals surface area contributed by atoms with E-state index in [-0.39, 0.29) is 42.7 Å². The predicted octanol–water partition coefficient (Wildman–Crippen LogP) is 2.12. The van der Waals surface area contributed by atoms with Crippen molar-refractivity contribution in [3.8, 4) is 0 Å². The monoisotopic (exact) mass is 388 g/mol. The molecule has 25 heavy (non-hydrogen) atoms. The molecule has 0 spiro atoms. The van der Waals surface area contributed by atoms with Crippen molar-refractivity contribution in [2.45, 2.75) is 25.8 Å². The quantitative estimate of drug-likeness (QED) is 0.812. The van der Waals surface area contributed by atoms with Crippen LogP contribution in [0.25, 0.3) is 0 Å². The summed E-state index contributed by atoms with van der Waals surface area (Å²) in [7, 11) is 1.95. The molecule has 2 atom stereocenters. The summed E-state index contributed by atoms with van der Waals surface area (Å²) in [5.41, 5.74) is 8.02. The lowest BCUT2D eigenvalue weighted by atomic mass is 10.1. The number of hydrogen-bond acceptors (Lipinski definition) is 4. The smallest absolute Gasteiger partial charge is 0.254 e. The number of nitrogens with two attached hydrogens (primary N) is 1. The average Bonchev–Trinajstić information content (AvgIpc) is 2.85. The summed E-state index contributed by atoms with van der Waals surface area (Å²) >= 11 is 0. The van der Waals surface area contributed by atoms with Crippen LogP contribution in [0.15, 0.2) is 18.2 Å². The Morgan fingerprint density at radius 2 is 2.08 bits per heavy atom. The second kappa shape index (κ2) is 8.74. The van der Waals surface area contributed by atoms with Gasteiger partial charge in [0.2, 0.25) is 5.91 Å². The Hall–Kier alpha value is -1.50. The Kier molecular flexibility index (Phi) is 7.53. The molecule has 1 aromatic rings.